The highest BCUT2D eigenvalue weighted by Gasteiger charge is 2.14. The zero-order valence-electron chi connectivity index (χ0n) is 10.8. The molecule has 0 aliphatic heterocycles. The maximum Gasteiger partial charge on any atom is 0.262 e. The first-order valence-corrected chi connectivity index (χ1v) is 6.22. The van der Waals surface area contributed by atoms with Crippen LogP contribution in [0.15, 0.2) is 64.0 Å². The molecule has 0 aliphatic rings. The number of halogens is 1. The van der Waals surface area contributed by atoms with Crippen molar-refractivity contribution in [2.45, 2.75) is 0 Å². The summed E-state index contributed by atoms with van der Waals surface area (Å²) in [5.41, 5.74) is 0.310. The highest BCUT2D eigenvalue weighted by Crippen LogP contribution is 2.13. The summed E-state index contributed by atoms with van der Waals surface area (Å²) in [5.74, 6) is -1.00. The van der Waals surface area contributed by atoms with Crippen molar-refractivity contribution in [3.63, 3.8) is 0 Å². The van der Waals surface area contributed by atoms with E-state index in [0.29, 0.717) is 16.7 Å². The molecule has 0 unspecified atom stereocenters. The molecule has 0 spiro atoms. The molecule has 1 N–H and O–H groups in total. The summed E-state index contributed by atoms with van der Waals surface area (Å²) >= 11 is 0. The smallest absolute Gasteiger partial charge is 0.262 e. The van der Waals surface area contributed by atoms with Crippen LogP contribution < -0.4 is 10.7 Å². The fourth-order valence-corrected chi connectivity index (χ4v) is 1.97. The third kappa shape index (κ3) is 2.53. The van der Waals surface area contributed by atoms with Crippen LogP contribution in [0.5, 0.6) is 0 Å². The highest BCUT2D eigenvalue weighted by molar-refractivity contribution is 6.05. The molecule has 104 valence electrons. The van der Waals surface area contributed by atoms with Crippen LogP contribution in [-0.2, 0) is 0 Å². The minimum atomic E-state index is -0.596. The number of carbonyl (C=O) groups excluding carboxylic acids is 1. The maximum absolute atomic E-state index is 12.8. The second-order valence-electron chi connectivity index (χ2n) is 4.44. The van der Waals surface area contributed by atoms with Gasteiger partial charge < -0.3 is 9.73 Å². The summed E-state index contributed by atoms with van der Waals surface area (Å²) < 4.78 is 18.1. The number of rotatable bonds is 2. The van der Waals surface area contributed by atoms with Crippen LogP contribution in [0.4, 0.5) is 10.1 Å². The van der Waals surface area contributed by atoms with Gasteiger partial charge in [-0.2, -0.15) is 0 Å². The second-order valence-corrected chi connectivity index (χ2v) is 4.44. The number of anilines is 1. The van der Waals surface area contributed by atoms with Gasteiger partial charge in [-0.3, -0.25) is 9.59 Å². The molecule has 0 bridgehead atoms. The Balaban J connectivity index is 1.96. The van der Waals surface area contributed by atoms with Gasteiger partial charge in [0.1, 0.15) is 23.2 Å². The SMILES string of the molecule is O=C(Nc1ccc(F)cc1)c1coc2ccccc2c1=O. The lowest BCUT2D eigenvalue weighted by atomic mass is 10.1. The summed E-state index contributed by atoms with van der Waals surface area (Å²) in [6.45, 7) is 0. The van der Waals surface area contributed by atoms with Crippen LogP contribution in [0.25, 0.3) is 11.0 Å². The van der Waals surface area contributed by atoms with Crippen LogP contribution in [0.1, 0.15) is 10.4 Å². The first-order chi connectivity index (χ1) is 10.1. The van der Waals surface area contributed by atoms with E-state index < -0.39 is 17.2 Å². The summed E-state index contributed by atoms with van der Waals surface area (Å²) in [5, 5.41) is 2.86. The van der Waals surface area contributed by atoms with Gasteiger partial charge in [-0.25, -0.2) is 4.39 Å². The molecule has 21 heavy (non-hydrogen) atoms. The first-order valence-electron chi connectivity index (χ1n) is 6.22. The van der Waals surface area contributed by atoms with Crippen molar-refractivity contribution in [3.8, 4) is 0 Å². The van der Waals surface area contributed by atoms with Gasteiger partial charge in [-0.1, -0.05) is 12.1 Å². The van der Waals surface area contributed by atoms with Crippen molar-refractivity contribution >= 4 is 22.6 Å². The Morgan fingerprint density at radius 2 is 1.76 bits per heavy atom. The van der Waals surface area contributed by atoms with Gasteiger partial charge in [0.2, 0.25) is 5.43 Å². The highest BCUT2D eigenvalue weighted by atomic mass is 19.1. The van der Waals surface area contributed by atoms with Crippen molar-refractivity contribution in [2.75, 3.05) is 5.32 Å². The van der Waals surface area contributed by atoms with Gasteiger partial charge >= 0.3 is 0 Å². The molecule has 3 rings (SSSR count). The molecule has 5 heteroatoms. The monoisotopic (exact) mass is 283 g/mol. The molecule has 4 nitrogen and oxygen atoms in total. The second kappa shape index (κ2) is 5.20. The molecule has 2 aromatic carbocycles. The Morgan fingerprint density at radius 3 is 2.52 bits per heavy atom. The van der Waals surface area contributed by atoms with E-state index in [1.165, 1.54) is 24.3 Å². The Morgan fingerprint density at radius 1 is 1.05 bits per heavy atom. The molecular formula is C16H10FNO3. The van der Waals surface area contributed by atoms with E-state index in [4.69, 9.17) is 4.42 Å². The van der Waals surface area contributed by atoms with E-state index in [1.807, 2.05) is 0 Å². The lowest BCUT2D eigenvalue weighted by molar-refractivity contribution is 0.102. The maximum atomic E-state index is 12.8. The predicted octanol–water partition coefficient (Wildman–Crippen LogP) is 3.18. The third-order valence-electron chi connectivity index (χ3n) is 3.03. The van der Waals surface area contributed by atoms with Crippen molar-refractivity contribution in [1.29, 1.82) is 0 Å². The molecule has 0 atom stereocenters. The lowest BCUT2D eigenvalue weighted by Crippen LogP contribution is -2.21. The van der Waals surface area contributed by atoms with Gasteiger partial charge in [0, 0.05) is 5.69 Å². The molecule has 1 heterocycles. The number of fused-ring (bicyclic) bond motifs is 1. The number of para-hydroxylation sites is 1. The Bertz CT molecular complexity index is 869. The van der Waals surface area contributed by atoms with Crippen molar-refractivity contribution in [2.24, 2.45) is 0 Å². The van der Waals surface area contributed by atoms with Crippen molar-refractivity contribution in [3.05, 3.63) is 76.4 Å². The molecule has 0 aliphatic carbocycles. The van der Waals surface area contributed by atoms with E-state index in [2.05, 4.69) is 5.32 Å². The van der Waals surface area contributed by atoms with Crippen LogP contribution in [0.2, 0.25) is 0 Å². The average Bonchev–Trinajstić information content (AvgIpc) is 2.50. The molecule has 0 saturated heterocycles. The van der Waals surface area contributed by atoms with E-state index in [9.17, 15) is 14.0 Å². The quantitative estimate of drug-likeness (QED) is 0.785. The van der Waals surface area contributed by atoms with E-state index in [0.717, 1.165) is 6.26 Å². The Labute approximate surface area is 118 Å². The van der Waals surface area contributed by atoms with Crippen LogP contribution in [-0.4, -0.2) is 5.91 Å². The molecule has 1 amide bonds. The number of benzene rings is 2. The molecule has 1 aromatic heterocycles. The fraction of sp³-hybridized carbons (Fsp3) is 0. The summed E-state index contributed by atoms with van der Waals surface area (Å²) in [7, 11) is 0. The number of nitrogens with one attached hydrogen (secondary N) is 1. The predicted molar refractivity (Wildman–Crippen MR) is 76.8 cm³/mol. The summed E-state index contributed by atoms with van der Waals surface area (Å²) in [4.78, 5) is 24.3. The Kier molecular flexibility index (Phi) is 3.23. The average molecular weight is 283 g/mol. The summed E-state index contributed by atoms with van der Waals surface area (Å²) in [6, 6.07) is 11.9. The van der Waals surface area contributed by atoms with E-state index in [-0.39, 0.29) is 5.56 Å². The fourth-order valence-electron chi connectivity index (χ4n) is 1.97. The van der Waals surface area contributed by atoms with Gasteiger partial charge in [0.05, 0.1) is 5.39 Å². The Hall–Kier alpha value is -2.95. The lowest BCUT2D eigenvalue weighted by Gasteiger charge is -2.05. The largest absolute Gasteiger partial charge is 0.463 e. The number of hydrogen-bond acceptors (Lipinski definition) is 3. The normalized spacial score (nSPS) is 10.5. The molecule has 0 fully saturated rings. The number of amides is 1. The minimum absolute atomic E-state index is 0.0991. The van der Waals surface area contributed by atoms with Gasteiger partial charge in [0.25, 0.3) is 5.91 Å². The van der Waals surface area contributed by atoms with Crippen LogP contribution in [0.3, 0.4) is 0 Å². The van der Waals surface area contributed by atoms with Crippen molar-refractivity contribution in [1.82, 2.24) is 0 Å². The topological polar surface area (TPSA) is 59.3 Å². The molecule has 0 saturated carbocycles. The minimum Gasteiger partial charge on any atom is -0.463 e. The summed E-state index contributed by atoms with van der Waals surface area (Å²) in [6.07, 6.45) is 1.13. The zero-order valence-corrected chi connectivity index (χ0v) is 10.8. The van der Waals surface area contributed by atoms with E-state index >= 15 is 0 Å². The zero-order chi connectivity index (χ0) is 14.8. The van der Waals surface area contributed by atoms with Gasteiger partial charge in [0.15, 0.2) is 0 Å². The van der Waals surface area contributed by atoms with Gasteiger partial charge in [-0.15, -0.1) is 0 Å². The van der Waals surface area contributed by atoms with Gasteiger partial charge in [-0.05, 0) is 36.4 Å². The number of carbonyl (C=O) groups is 1. The number of hydrogen-bond donors (Lipinski definition) is 1. The van der Waals surface area contributed by atoms with Crippen LogP contribution in [0, 0.1) is 5.82 Å². The molecule has 3 aromatic rings. The third-order valence-corrected chi connectivity index (χ3v) is 3.03. The van der Waals surface area contributed by atoms with Crippen LogP contribution >= 0.6 is 0 Å². The first kappa shape index (κ1) is 13.1. The molecular weight excluding hydrogens is 273 g/mol. The van der Waals surface area contributed by atoms with Crippen molar-refractivity contribution < 1.29 is 13.6 Å². The molecule has 0 radical (unpaired) electrons. The van der Waals surface area contributed by atoms with E-state index in [1.54, 1.807) is 24.3 Å². The standard InChI is InChI=1S/C16H10FNO3/c17-10-5-7-11(8-6-10)18-16(20)13-9-21-14-4-2-1-3-12(14)15(13)19/h1-9H,(H,18,20).